The number of ether oxygens (including phenoxy) is 1. The van der Waals surface area contributed by atoms with Gasteiger partial charge in [0.05, 0.1) is 33.8 Å². The number of thioether (sulfide) groups is 1. The van der Waals surface area contributed by atoms with Crippen LogP contribution in [0, 0.1) is 0 Å². The summed E-state index contributed by atoms with van der Waals surface area (Å²) in [5, 5.41) is 8.17. The van der Waals surface area contributed by atoms with Gasteiger partial charge in [0.2, 0.25) is 0 Å². The zero-order chi connectivity index (χ0) is 20.0. The number of carbonyl (C=O) groups is 2. The SMILES string of the molecule is CSc1c(O[C@H]2CC[C@H](N3C(=O)c4ccccc4C3=O)CC2)ccc2[nH]ncc12. The van der Waals surface area contributed by atoms with Crippen molar-refractivity contribution in [3.8, 4) is 5.75 Å². The number of fused-ring (bicyclic) bond motifs is 2. The molecule has 1 N–H and O–H groups in total. The molecule has 29 heavy (non-hydrogen) atoms. The maximum absolute atomic E-state index is 12.7. The summed E-state index contributed by atoms with van der Waals surface area (Å²) >= 11 is 1.65. The van der Waals surface area contributed by atoms with Crippen LogP contribution in [-0.2, 0) is 0 Å². The lowest BCUT2D eigenvalue weighted by atomic mass is 9.91. The van der Waals surface area contributed by atoms with E-state index in [0.717, 1.165) is 47.2 Å². The highest BCUT2D eigenvalue weighted by Crippen LogP contribution is 2.37. The van der Waals surface area contributed by atoms with Gasteiger partial charge in [0.15, 0.2) is 0 Å². The fourth-order valence-corrected chi connectivity index (χ4v) is 5.12. The van der Waals surface area contributed by atoms with Crippen molar-refractivity contribution in [2.45, 2.75) is 42.7 Å². The Balaban J connectivity index is 1.28. The first-order valence-electron chi connectivity index (χ1n) is 9.81. The number of rotatable bonds is 4. The van der Waals surface area contributed by atoms with Gasteiger partial charge in [-0.1, -0.05) is 12.1 Å². The van der Waals surface area contributed by atoms with Crippen LogP contribution in [-0.4, -0.2) is 45.3 Å². The zero-order valence-electron chi connectivity index (χ0n) is 16.1. The maximum atomic E-state index is 12.7. The molecule has 1 aromatic heterocycles. The third-order valence-corrected chi connectivity index (χ3v) is 6.70. The number of H-pyrrole nitrogens is 1. The second-order valence-electron chi connectivity index (χ2n) is 7.50. The molecule has 2 aliphatic rings. The van der Waals surface area contributed by atoms with Crippen LogP contribution in [0.5, 0.6) is 5.75 Å². The van der Waals surface area contributed by atoms with Gasteiger partial charge in [-0.25, -0.2) is 0 Å². The molecule has 1 aliphatic carbocycles. The van der Waals surface area contributed by atoms with Gasteiger partial charge in [0, 0.05) is 11.4 Å². The Morgan fingerprint density at radius 3 is 2.38 bits per heavy atom. The fraction of sp³-hybridized carbons (Fsp3) is 0.318. The molecule has 1 saturated carbocycles. The lowest BCUT2D eigenvalue weighted by molar-refractivity contribution is 0.0476. The van der Waals surface area contributed by atoms with Gasteiger partial charge in [-0.05, 0) is 56.2 Å². The molecule has 148 valence electrons. The van der Waals surface area contributed by atoms with E-state index in [-0.39, 0.29) is 24.0 Å². The topological polar surface area (TPSA) is 75.3 Å². The number of nitrogens with zero attached hydrogens (tertiary/aromatic N) is 2. The minimum Gasteiger partial charge on any atom is -0.489 e. The average molecular weight is 407 g/mol. The van der Waals surface area contributed by atoms with E-state index in [2.05, 4.69) is 10.2 Å². The second-order valence-corrected chi connectivity index (χ2v) is 8.32. The largest absolute Gasteiger partial charge is 0.489 e. The van der Waals surface area contributed by atoms with E-state index >= 15 is 0 Å². The Bertz CT molecular complexity index is 1070. The van der Waals surface area contributed by atoms with Crippen molar-refractivity contribution in [1.29, 1.82) is 0 Å². The zero-order valence-corrected chi connectivity index (χ0v) is 16.9. The predicted octanol–water partition coefficient (Wildman–Crippen LogP) is 4.27. The summed E-state index contributed by atoms with van der Waals surface area (Å²) in [6, 6.07) is 11.0. The van der Waals surface area contributed by atoms with E-state index in [9.17, 15) is 9.59 Å². The van der Waals surface area contributed by atoms with Gasteiger partial charge in [0.25, 0.3) is 11.8 Å². The lowest BCUT2D eigenvalue weighted by Gasteiger charge is -2.33. The van der Waals surface area contributed by atoms with Crippen LogP contribution < -0.4 is 4.74 Å². The van der Waals surface area contributed by atoms with E-state index in [1.807, 2.05) is 24.6 Å². The third kappa shape index (κ3) is 3.00. The highest BCUT2D eigenvalue weighted by atomic mass is 32.2. The third-order valence-electron chi connectivity index (χ3n) is 5.87. The normalized spacial score (nSPS) is 21.6. The van der Waals surface area contributed by atoms with E-state index in [4.69, 9.17) is 4.74 Å². The van der Waals surface area contributed by atoms with Crippen molar-refractivity contribution in [1.82, 2.24) is 15.1 Å². The first-order valence-corrected chi connectivity index (χ1v) is 11.0. The Labute approximate surface area is 172 Å². The quantitative estimate of drug-likeness (QED) is 0.516. The van der Waals surface area contributed by atoms with Crippen LogP contribution in [0.3, 0.4) is 0 Å². The Morgan fingerprint density at radius 2 is 1.72 bits per heavy atom. The van der Waals surface area contributed by atoms with E-state index in [0.29, 0.717) is 11.1 Å². The molecule has 0 unspecified atom stereocenters. The minimum atomic E-state index is -0.162. The van der Waals surface area contributed by atoms with Crippen molar-refractivity contribution in [3.63, 3.8) is 0 Å². The summed E-state index contributed by atoms with van der Waals surface area (Å²) in [6.07, 6.45) is 7.10. The molecule has 2 amide bonds. The average Bonchev–Trinajstić information content (AvgIpc) is 3.32. The summed E-state index contributed by atoms with van der Waals surface area (Å²) in [5.41, 5.74) is 2.04. The van der Waals surface area contributed by atoms with Gasteiger partial charge in [-0.2, -0.15) is 5.10 Å². The van der Waals surface area contributed by atoms with Crippen LogP contribution in [0.15, 0.2) is 47.5 Å². The number of amides is 2. The van der Waals surface area contributed by atoms with E-state index in [1.54, 1.807) is 36.0 Å². The molecule has 2 heterocycles. The van der Waals surface area contributed by atoms with Crippen molar-refractivity contribution >= 4 is 34.5 Å². The Kier molecular flexibility index (Phi) is 4.54. The number of nitrogens with one attached hydrogen (secondary N) is 1. The molecule has 2 aromatic carbocycles. The highest BCUT2D eigenvalue weighted by molar-refractivity contribution is 7.99. The van der Waals surface area contributed by atoms with Crippen LogP contribution in [0.2, 0.25) is 0 Å². The molecular weight excluding hydrogens is 386 g/mol. The number of hydrogen-bond acceptors (Lipinski definition) is 5. The molecule has 7 heteroatoms. The number of imide groups is 1. The van der Waals surface area contributed by atoms with Crippen molar-refractivity contribution in [3.05, 3.63) is 53.7 Å². The van der Waals surface area contributed by atoms with Crippen molar-refractivity contribution in [2.24, 2.45) is 0 Å². The van der Waals surface area contributed by atoms with E-state index < -0.39 is 0 Å². The lowest BCUT2D eigenvalue weighted by Crippen LogP contribution is -2.43. The minimum absolute atomic E-state index is 0.0568. The Morgan fingerprint density at radius 1 is 1.03 bits per heavy atom. The number of hydrogen-bond donors (Lipinski definition) is 1. The first-order chi connectivity index (χ1) is 14.2. The molecule has 0 bridgehead atoms. The van der Waals surface area contributed by atoms with Gasteiger partial charge >= 0.3 is 0 Å². The standard InChI is InChI=1S/C22H21N3O3S/c1-29-20-17-12-23-24-18(17)10-11-19(20)28-14-8-6-13(7-9-14)25-21(26)15-4-2-3-5-16(15)22(25)27/h2-5,10-14H,6-9H2,1H3,(H,23,24)/t13-,14-. The first kappa shape index (κ1) is 18.2. The summed E-state index contributed by atoms with van der Waals surface area (Å²) in [4.78, 5) is 28.0. The monoisotopic (exact) mass is 407 g/mol. The summed E-state index contributed by atoms with van der Waals surface area (Å²) in [6.45, 7) is 0. The molecule has 5 rings (SSSR count). The van der Waals surface area contributed by atoms with Crippen molar-refractivity contribution < 1.29 is 14.3 Å². The number of aromatic nitrogens is 2. The Hall–Kier alpha value is -2.80. The van der Waals surface area contributed by atoms with Crippen LogP contribution >= 0.6 is 11.8 Å². The van der Waals surface area contributed by atoms with Gasteiger partial charge < -0.3 is 4.74 Å². The molecular formula is C22H21N3O3S. The van der Waals surface area contributed by atoms with Crippen LogP contribution in [0.25, 0.3) is 10.9 Å². The van der Waals surface area contributed by atoms with Crippen LogP contribution in [0.1, 0.15) is 46.4 Å². The molecule has 6 nitrogen and oxygen atoms in total. The summed E-state index contributed by atoms with van der Waals surface area (Å²) in [7, 11) is 0. The maximum Gasteiger partial charge on any atom is 0.261 e. The number of benzene rings is 2. The number of carbonyl (C=O) groups excluding carboxylic acids is 2. The summed E-state index contributed by atoms with van der Waals surface area (Å²) in [5.74, 6) is 0.547. The highest BCUT2D eigenvalue weighted by Gasteiger charge is 2.41. The molecule has 1 fully saturated rings. The molecule has 1 aliphatic heterocycles. The smallest absolute Gasteiger partial charge is 0.261 e. The fourth-order valence-electron chi connectivity index (χ4n) is 4.42. The van der Waals surface area contributed by atoms with E-state index in [1.165, 1.54) is 4.90 Å². The molecule has 0 spiro atoms. The molecule has 0 saturated heterocycles. The molecule has 0 radical (unpaired) electrons. The number of aromatic amines is 1. The van der Waals surface area contributed by atoms with Gasteiger partial charge in [-0.3, -0.25) is 19.6 Å². The van der Waals surface area contributed by atoms with Crippen molar-refractivity contribution in [2.75, 3.05) is 6.26 Å². The molecule has 3 aromatic rings. The van der Waals surface area contributed by atoms with Gasteiger partial charge in [-0.15, -0.1) is 11.8 Å². The second kappa shape index (κ2) is 7.22. The van der Waals surface area contributed by atoms with Gasteiger partial charge in [0.1, 0.15) is 5.75 Å². The van der Waals surface area contributed by atoms with Crippen LogP contribution in [0.4, 0.5) is 0 Å². The predicted molar refractivity (Wildman–Crippen MR) is 111 cm³/mol. The molecule has 0 atom stereocenters. The summed E-state index contributed by atoms with van der Waals surface area (Å²) < 4.78 is 6.33.